The second-order valence-electron chi connectivity index (χ2n) is 6.23. The van der Waals surface area contributed by atoms with Gasteiger partial charge in [0.15, 0.2) is 5.96 Å². The van der Waals surface area contributed by atoms with Crippen LogP contribution in [-0.2, 0) is 17.9 Å². The molecular weight excluding hydrogens is 326 g/mol. The first-order chi connectivity index (χ1) is 12.7. The van der Waals surface area contributed by atoms with E-state index in [-0.39, 0.29) is 0 Å². The number of nitrogens with one attached hydrogen (secondary N) is 2. The lowest BCUT2D eigenvalue weighted by molar-refractivity contribution is 0.125. The van der Waals surface area contributed by atoms with Gasteiger partial charge in [-0.25, -0.2) is 0 Å². The first kappa shape index (κ1) is 20.0. The maximum atomic E-state index is 5.69. The van der Waals surface area contributed by atoms with Crippen LogP contribution in [-0.4, -0.2) is 42.0 Å². The topological polar surface area (TPSA) is 63.5 Å². The van der Waals surface area contributed by atoms with Crippen LogP contribution in [0, 0.1) is 13.8 Å². The molecule has 0 unspecified atom stereocenters. The molecule has 0 saturated carbocycles. The molecule has 6 heteroatoms. The van der Waals surface area contributed by atoms with Crippen molar-refractivity contribution < 1.29 is 4.74 Å². The number of hydrogen-bond donors (Lipinski definition) is 2. The molecule has 142 valence electrons. The van der Waals surface area contributed by atoms with E-state index in [1.54, 1.807) is 0 Å². The van der Waals surface area contributed by atoms with Crippen molar-refractivity contribution in [3.05, 3.63) is 53.3 Å². The lowest BCUT2D eigenvalue weighted by Crippen LogP contribution is -2.39. The summed E-state index contributed by atoms with van der Waals surface area (Å²) < 4.78 is 7.73. The van der Waals surface area contributed by atoms with Gasteiger partial charge in [0.2, 0.25) is 0 Å². The third kappa shape index (κ3) is 7.27. The highest BCUT2D eigenvalue weighted by molar-refractivity contribution is 5.79. The van der Waals surface area contributed by atoms with Crippen LogP contribution in [0.5, 0.6) is 0 Å². The molecule has 0 aliphatic rings. The Kier molecular flexibility index (Phi) is 8.69. The number of nitrogens with zero attached hydrogens (tertiary/aromatic N) is 3. The van der Waals surface area contributed by atoms with Crippen molar-refractivity contribution >= 4 is 5.96 Å². The van der Waals surface area contributed by atoms with E-state index in [9.17, 15) is 0 Å². The summed E-state index contributed by atoms with van der Waals surface area (Å²) in [6, 6.07) is 12.3. The summed E-state index contributed by atoms with van der Waals surface area (Å²) in [6.07, 6.45) is 0.961. The van der Waals surface area contributed by atoms with E-state index >= 15 is 0 Å². The molecule has 0 aliphatic heterocycles. The minimum absolute atomic E-state index is 0.638. The van der Waals surface area contributed by atoms with Crippen molar-refractivity contribution in [1.82, 2.24) is 20.4 Å². The lowest BCUT2D eigenvalue weighted by atomic mass is 10.2. The summed E-state index contributed by atoms with van der Waals surface area (Å²) in [4.78, 5) is 4.62. The van der Waals surface area contributed by atoms with Crippen molar-refractivity contribution in [2.45, 2.75) is 40.3 Å². The molecule has 0 amide bonds. The Morgan fingerprint density at radius 3 is 2.69 bits per heavy atom. The summed E-state index contributed by atoms with van der Waals surface area (Å²) >= 11 is 0. The Morgan fingerprint density at radius 2 is 2.00 bits per heavy atom. The number of aromatic nitrogens is 2. The third-order valence-corrected chi connectivity index (χ3v) is 3.90. The standard InChI is InChI=1S/C20H31N5O/c1-4-21-20(22-11-8-13-25-18(3)15-17(2)24-25)23-12-14-26-16-19-9-6-5-7-10-19/h5-7,9-10,15H,4,8,11-14,16H2,1-3H3,(H2,21,22,23). The molecule has 2 aromatic rings. The van der Waals surface area contributed by atoms with E-state index in [2.05, 4.69) is 52.8 Å². The van der Waals surface area contributed by atoms with Crippen LogP contribution in [0.2, 0.25) is 0 Å². The van der Waals surface area contributed by atoms with Crippen molar-refractivity contribution in [3.63, 3.8) is 0 Å². The summed E-state index contributed by atoms with van der Waals surface area (Å²) in [5.41, 5.74) is 3.46. The average Bonchev–Trinajstić information content (AvgIpc) is 2.96. The lowest BCUT2D eigenvalue weighted by Gasteiger charge is -2.11. The molecule has 1 heterocycles. The van der Waals surface area contributed by atoms with E-state index in [0.29, 0.717) is 13.2 Å². The first-order valence-corrected chi connectivity index (χ1v) is 9.34. The molecule has 6 nitrogen and oxygen atoms in total. The fraction of sp³-hybridized carbons (Fsp3) is 0.500. The van der Waals surface area contributed by atoms with Gasteiger partial charge >= 0.3 is 0 Å². The van der Waals surface area contributed by atoms with Crippen molar-refractivity contribution in [1.29, 1.82) is 0 Å². The van der Waals surface area contributed by atoms with E-state index in [0.717, 1.165) is 44.3 Å². The number of aryl methyl sites for hydroxylation is 3. The zero-order valence-corrected chi connectivity index (χ0v) is 16.2. The van der Waals surface area contributed by atoms with E-state index in [1.165, 1.54) is 11.3 Å². The highest BCUT2D eigenvalue weighted by atomic mass is 16.5. The first-order valence-electron chi connectivity index (χ1n) is 9.34. The smallest absolute Gasteiger partial charge is 0.191 e. The second-order valence-corrected chi connectivity index (χ2v) is 6.23. The molecular formula is C20H31N5O. The zero-order chi connectivity index (χ0) is 18.6. The Balaban J connectivity index is 1.64. The SMILES string of the molecule is CCNC(=NCCCn1nc(C)cc1C)NCCOCc1ccccc1. The molecule has 0 bridgehead atoms. The molecule has 0 aliphatic carbocycles. The molecule has 0 saturated heterocycles. The maximum absolute atomic E-state index is 5.69. The fourth-order valence-electron chi connectivity index (χ4n) is 2.66. The van der Waals surface area contributed by atoms with E-state index < -0.39 is 0 Å². The van der Waals surface area contributed by atoms with Crippen LogP contribution in [0.3, 0.4) is 0 Å². The summed E-state index contributed by atoms with van der Waals surface area (Å²) in [5.74, 6) is 0.837. The number of aliphatic imine (C=N–C) groups is 1. The minimum atomic E-state index is 0.638. The van der Waals surface area contributed by atoms with Gasteiger partial charge in [-0.05, 0) is 38.8 Å². The molecule has 1 aromatic heterocycles. The van der Waals surface area contributed by atoms with Crippen LogP contribution in [0.1, 0.15) is 30.3 Å². The highest BCUT2D eigenvalue weighted by Crippen LogP contribution is 2.02. The van der Waals surface area contributed by atoms with E-state index in [4.69, 9.17) is 4.74 Å². The number of hydrogen-bond acceptors (Lipinski definition) is 3. The number of guanidine groups is 1. The van der Waals surface area contributed by atoms with Crippen molar-refractivity contribution in [3.8, 4) is 0 Å². The summed E-state index contributed by atoms with van der Waals surface area (Å²) in [5, 5.41) is 11.1. The molecule has 2 rings (SSSR count). The van der Waals surface area contributed by atoms with Crippen LogP contribution >= 0.6 is 0 Å². The maximum Gasteiger partial charge on any atom is 0.191 e. The molecule has 1 aromatic carbocycles. The van der Waals surface area contributed by atoms with Gasteiger partial charge in [-0.2, -0.15) is 5.10 Å². The van der Waals surface area contributed by atoms with Gasteiger partial charge in [0.25, 0.3) is 0 Å². The number of benzene rings is 1. The van der Waals surface area contributed by atoms with Crippen molar-refractivity contribution in [2.75, 3.05) is 26.2 Å². The monoisotopic (exact) mass is 357 g/mol. The van der Waals surface area contributed by atoms with E-state index in [1.807, 2.05) is 29.8 Å². The Morgan fingerprint density at radius 1 is 1.19 bits per heavy atom. The predicted octanol–water partition coefficient (Wildman–Crippen LogP) is 2.66. The van der Waals surface area contributed by atoms with Crippen LogP contribution in [0.15, 0.2) is 41.4 Å². The number of rotatable bonds is 10. The Bertz CT molecular complexity index is 666. The van der Waals surface area contributed by atoms with Crippen LogP contribution in [0.4, 0.5) is 0 Å². The largest absolute Gasteiger partial charge is 0.375 e. The molecule has 26 heavy (non-hydrogen) atoms. The Hall–Kier alpha value is -2.34. The third-order valence-electron chi connectivity index (χ3n) is 3.90. The van der Waals surface area contributed by atoms with Crippen LogP contribution < -0.4 is 10.6 Å². The van der Waals surface area contributed by atoms with Gasteiger partial charge in [-0.1, -0.05) is 30.3 Å². The summed E-state index contributed by atoms with van der Waals surface area (Å²) in [7, 11) is 0. The molecule has 0 fully saturated rings. The van der Waals surface area contributed by atoms with Gasteiger partial charge in [0, 0.05) is 31.9 Å². The Labute approximate surface area is 156 Å². The van der Waals surface area contributed by atoms with Gasteiger partial charge in [-0.3, -0.25) is 9.67 Å². The molecule has 0 atom stereocenters. The molecule has 2 N–H and O–H groups in total. The van der Waals surface area contributed by atoms with Gasteiger partial charge in [0.05, 0.1) is 18.9 Å². The van der Waals surface area contributed by atoms with Gasteiger partial charge in [0.1, 0.15) is 0 Å². The van der Waals surface area contributed by atoms with Gasteiger partial charge < -0.3 is 15.4 Å². The zero-order valence-electron chi connectivity index (χ0n) is 16.2. The second kappa shape index (κ2) is 11.3. The quantitative estimate of drug-likeness (QED) is 0.390. The predicted molar refractivity (Wildman–Crippen MR) is 106 cm³/mol. The molecule has 0 radical (unpaired) electrons. The average molecular weight is 358 g/mol. The van der Waals surface area contributed by atoms with Gasteiger partial charge in [-0.15, -0.1) is 0 Å². The number of ether oxygens (including phenoxy) is 1. The fourth-order valence-corrected chi connectivity index (χ4v) is 2.66. The van der Waals surface area contributed by atoms with Crippen molar-refractivity contribution in [2.24, 2.45) is 4.99 Å². The molecule has 0 spiro atoms. The highest BCUT2D eigenvalue weighted by Gasteiger charge is 2.01. The van der Waals surface area contributed by atoms with Crippen LogP contribution in [0.25, 0.3) is 0 Å². The minimum Gasteiger partial charge on any atom is -0.375 e. The normalized spacial score (nSPS) is 11.6. The summed E-state index contributed by atoms with van der Waals surface area (Å²) in [6.45, 7) is 10.7.